The van der Waals surface area contributed by atoms with Crippen LogP contribution < -0.4 is 5.43 Å². The molecule has 0 atom stereocenters. The average molecular weight is 261 g/mol. The molecule has 19 heavy (non-hydrogen) atoms. The molecule has 0 aliphatic heterocycles. The normalized spacial score (nSPS) is 14.6. The number of nitro benzene ring substituents is 1. The molecule has 1 aliphatic rings. The summed E-state index contributed by atoms with van der Waals surface area (Å²) in [4.78, 5) is 21.8. The molecule has 1 amide bonds. The van der Waals surface area contributed by atoms with Crippen LogP contribution in [0.1, 0.15) is 30.9 Å². The minimum atomic E-state index is -0.404. The SMILES string of the molecule is CCc1ccc(/C=N\NC(=O)C2CC2)cc1[N+](=O)[O-]. The van der Waals surface area contributed by atoms with Crippen LogP contribution in [0.25, 0.3) is 0 Å². The minimum Gasteiger partial charge on any atom is -0.273 e. The smallest absolute Gasteiger partial charge is 0.273 e. The van der Waals surface area contributed by atoms with Crippen molar-refractivity contribution < 1.29 is 9.72 Å². The molecule has 2 rings (SSSR count). The lowest BCUT2D eigenvalue weighted by molar-refractivity contribution is -0.385. The highest BCUT2D eigenvalue weighted by Gasteiger charge is 2.29. The highest BCUT2D eigenvalue weighted by Crippen LogP contribution is 2.28. The molecule has 1 aliphatic carbocycles. The monoisotopic (exact) mass is 261 g/mol. The number of nitro groups is 1. The van der Waals surface area contributed by atoms with E-state index in [9.17, 15) is 14.9 Å². The first-order valence-electron chi connectivity index (χ1n) is 6.22. The Kier molecular flexibility index (Phi) is 3.89. The Balaban J connectivity index is 2.07. The topological polar surface area (TPSA) is 84.6 Å². The van der Waals surface area contributed by atoms with Gasteiger partial charge in [0.15, 0.2) is 0 Å². The zero-order chi connectivity index (χ0) is 13.8. The van der Waals surface area contributed by atoms with Gasteiger partial charge in [-0.05, 0) is 19.3 Å². The highest BCUT2D eigenvalue weighted by atomic mass is 16.6. The first kappa shape index (κ1) is 13.2. The van der Waals surface area contributed by atoms with E-state index in [1.165, 1.54) is 12.3 Å². The van der Waals surface area contributed by atoms with Crippen LogP contribution in [0.5, 0.6) is 0 Å². The summed E-state index contributed by atoms with van der Waals surface area (Å²) in [6.07, 6.45) is 3.86. The number of hydrazone groups is 1. The molecule has 1 aromatic carbocycles. The maximum atomic E-state index is 11.3. The third-order valence-corrected chi connectivity index (χ3v) is 3.02. The molecule has 1 fully saturated rings. The fourth-order valence-electron chi connectivity index (χ4n) is 1.74. The van der Waals surface area contributed by atoms with E-state index in [-0.39, 0.29) is 17.5 Å². The predicted octanol–water partition coefficient (Wildman–Crippen LogP) is 2.02. The maximum absolute atomic E-state index is 11.3. The number of hydrogen-bond acceptors (Lipinski definition) is 4. The summed E-state index contributed by atoms with van der Waals surface area (Å²) < 4.78 is 0. The van der Waals surface area contributed by atoms with Crippen molar-refractivity contribution in [1.29, 1.82) is 0 Å². The van der Waals surface area contributed by atoms with Gasteiger partial charge in [0.1, 0.15) is 0 Å². The molecule has 1 saturated carbocycles. The van der Waals surface area contributed by atoms with Crippen LogP contribution in [0.2, 0.25) is 0 Å². The van der Waals surface area contributed by atoms with Gasteiger partial charge in [0.05, 0.1) is 11.1 Å². The molecule has 0 saturated heterocycles. The number of nitrogens with zero attached hydrogens (tertiary/aromatic N) is 2. The lowest BCUT2D eigenvalue weighted by Crippen LogP contribution is -2.18. The number of hydrogen-bond donors (Lipinski definition) is 1. The number of carbonyl (C=O) groups is 1. The molecule has 0 unspecified atom stereocenters. The van der Waals surface area contributed by atoms with E-state index in [0.717, 1.165) is 12.8 Å². The van der Waals surface area contributed by atoms with Gasteiger partial charge in [-0.25, -0.2) is 5.43 Å². The van der Waals surface area contributed by atoms with Crippen LogP contribution in [0.3, 0.4) is 0 Å². The third kappa shape index (κ3) is 3.37. The molecule has 1 N–H and O–H groups in total. The molecule has 0 spiro atoms. The lowest BCUT2D eigenvalue weighted by atomic mass is 10.1. The zero-order valence-corrected chi connectivity index (χ0v) is 10.6. The van der Waals surface area contributed by atoms with Crippen LogP contribution in [0.4, 0.5) is 5.69 Å². The number of carbonyl (C=O) groups excluding carboxylic acids is 1. The molecule has 6 heteroatoms. The summed E-state index contributed by atoms with van der Waals surface area (Å²) in [5.41, 5.74) is 3.80. The van der Waals surface area contributed by atoms with Crippen LogP contribution in [-0.2, 0) is 11.2 Å². The van der Waals surface area contributed by atoms with Gasteiger partial charge in [-0.3, -0.25) is 14.9 Å². The lowest BCUT2D eigenvalue weighted by Gasteiger charge is -2.01. The highest BCUT2D eigenvalue weighted by molar-refractivity contribution is 5.85. The molecule has 1 aromatic rings. The summed E-state index contributed by atoms with van der Waals surface area (Å²) in [7, 11) is 0. The largest absolute Gasteiger partial charge is 0.273 e. The van der Waals surface area contributed by atoms with Crippen molar-refractivity contribution in [3.63, 3.8) is 0 Å². The van der Waals surface area contributed by atoms with Gasteiger partial charge in [0, 0.05) is 23.1 Å². The van der Waals surface area contributed by atoms with Crippen molar-refractivity contribution in [3.05, 3.63) is 39.4 Å². The first-order chi connectivity index (χ1) is 9.11. The van der Waals surface area contributed by atoms with Crippen LogP contribution in [0, 0.1) is 16.0 Å². The molecule has 0 radical (unpaired) electrons. The summed E-state index contributed by atoms with van der Waals surface area (Å²) in [6, 6.07) is 4.92. The van der Waals surface area contributed by atoms with Gasteiger partial charge in [0.25, 0.3) is 5.69 Å². The fraction of sp³-hybridized carbons (Fsp3) is 0.385. The standard InChI is InChI=1S/C13H15N3O3/c1-2-10-4-3-9(7-12(10)16(18)19)8-14-15-13(17)11-5-6-11/h3-4,7-8,11H,2,5-6H2,1H3,(H,15,17)/b14-8-. The third-order valence-electron chi connectivity index (χ3n) is 3.02. The zero-order valence-electron chi connectivity index (χ0n) is 10.6. The van der Waals surface area contributed by atoms with Crippen molar-refractivity contribution in [2.24, 2.45) is 11.0 Å². The number of aryl methyl sites for hydroxylation is 1. The molecular formula is C13H15N3O3. The number of amides is 1. The summed E-state index contributed by atoms with van der Waals surface area (Å²) in [5, 5.41) is 14.7. The van der Waals surface area contributed by atoms with E-state index in [1.54, 1.807) is 12.1 Å². The van der Waals surface area contributed by atoms with Gasteiger partial charge in [0.2, 0.25) is 5.91 Å². The first-order valence-corrected chi connectivity index (χ1v) is 6.22. The second kappa shape index (κ2) is 5.60. The van der Waals surface area contributed by atoms with Gasteiger partial charge < -0.3 is 0 Å². The fourth-order valence-corrected chi connectivity index (χ4v) is 1.74. The van der Waals surface area contributed by atoms with Crippen molar-refractivity contribution in [1.82, 2.24) is 5.43 Å². The maximum Gasteiger partial charge on any atom is 0.273 e. The Labute approximate surface area is 110 Å². The molecule has 0 bridgehead atoms. The van der Waals surface area contributed by atoms with Crippen molar-refractivity contribution in [3.8, 4) is 0 Å². The van der Waals surface area contributed by atoms with E-state index < -0.39 is 4.92 Å². The molecule has 100 valence electrons. The van der Waals surface area contributed by atoms with Crippen molar-refractivity contribution in [2.75, 3.05) is 0 Å². The van der Waals surface area contributed by atoms with E-state index >= 15 is 0 Å². The minimum absolute atomic E-state index is 0.0833. The van der Waals surface area contributed by atoms with E-state index in [4.69, 9.17) is 0 Å². The van der Waals surface area contributed by atoms with Gasteiger partial charge in [-0.2, -0.15) is 5.10 Å². The second-order valence-corrected chi connectivity index (χ2v) is 4.51. The number of benzene rings is 1. The predicted molar refractivity (Wildman–Crippen MR) is 70.9 cm³/mol. The summed E-state index contributed by atoms with van der Waals surface area (Å²) in [5.74, 6) is 0.00452. The van der Waals surface area contributed by atoms with Crippen molar-refractivity contribution >= 4 is 17.8 Å². The van der Waals surface area contributed by atoms with E-state index in [1.807, 2.05) is 6.92 Å². The van der Waals surface area contributed by atoms with Crippen LogP contribution in [0.15, 0.2) is 23.3 Å². The Morgan fingerprint density at radius 3 is 2.89 bits per heavy atom. The Bertz CT molecular complexity index is 536. The van der Waals surface area contributed by atoms with Gasteiger partial charge >= 0.3 is 0 Å². The number of nitrogens with one attached hydrogen (secondary N) is 1. The molecule has 0 heterocycles. The molecule has 0 aromatic heterocycles. The number of rotatable bonds is 5. The Morgan fingerprint density at radius 1 is 1.58 bits per heavy atom. The Hall–Kier alpha value is -2.24. The Morgan fingerprint density at radius 2 is 2.32 bits per heavy atom. The van der Waals surface area contributed by atoms with Crippen LogP contribution in [-0.4, -0.2) is 17.0 Å². The van der Waals surface area contributed by atoms with Crippen molar-refractivity contribution in [2.45, 2.75) is 26.2 Å². The average Bonchev–Trinajstić information content (AvgIpc) is 3.22. The van der Waals surface area contributed by atoms with E-state index in [2.05, 4.69) is 10.5 Å². The second-order valence-electron chi connectivity index (χ2n) is 4.51. The molecule has 6 nitrogen and oxygen atoms in total. The van der Waals surface area contributed by atoms with Gasteiger partial charge in [-0.15, -0.1) is 0 Å². The van der Waals surface area contributed by atoms with E-state index in [0.29, 0.717) is 17.5 Å². The van der Waals surface area contributed by atoms with Gasteiger partial charge in [-0.1, -0.05) is 19.1 Å². The summed E-state index contributed by atoms with van der Waals surface area (Å²) >= 11 is 0. The van der Waals surface area contributed by atoms with Crippen LogP contribution >= 0.6 is 0 Å². The summed E-state index contributed by atoms with van der Waals surface area (Å²) in [6.45, 7) is 1.87. The quantitative estimate of drug-likeness (QED) is 0.500. The molecular weight excluding hydrogens is 246 g/mol.